The molecule has 1 saturated heterocycles. The van der Waals surface area contributed by atoms with E-state index >= 15 is 0 Å². The van der Waals surface area contributed by atoms with E-state index in [0.29, 0.717) is 11.9 Å². The van der Waals surface area contributed by atoms with Crippen molar-refractivity contribution in [1.82, 2.24) is 4.90 Å². The van der Waals surface area contributed by atoms with E-state index in [2.05, 4.69) is 44.7 Å². The summed E-state index contributed by atoms with van der Waals surface area (Å²) in [5.41, 5.74) is 5.57. The van der Waals surface area contributed by atoms with E-state index in [1.165, 1.54) is 22.3 Å². The summed E-state index contributed by atoms with van der Waals surface area (Å²) in [5.74, 6) is 0.578. The molecule has 1 fully saturated rings. The molecular formula is C16H24ClNO. The van der Waals surface area contributed by atoms with Crippen molar-refractivity contribution >= 4 is 11.6 Å². The number of benzene rings is 1. The topological polar surface area (TPSA) is 12.5 Å². The first-order valence-corrected chi connectivity index (χ1v) is 7.53. The van der Waals surface area contributed by atoms with E-state index in [1.54, 1.807) is 0 Å². The maximum atomic E-state index is 5.93. The molecule has 0 N–H and O–H groups in total. The van der Waals surface area contributed by atoms with E-state index in [1.807, 2.05) is 0 Å². The monoisotopic (exact) mass is 281 g/mol. The van der Waals surface area contributed by atoms with Crippen LogP contribution in [0.2, 0.25) is 0 Å². The summed E-state index contributed by atoms with van der Waals surface area (Å²) in [5, 5.41) is 0. The van der Waals surface area contributed by atoms with Crippen molar-refractivity contribution in [2.75, 3.05) is 19.0 Å². The van der Waals surface area contributed by atoms with Gasteiger partial charge >= 0.3 is 0 Å². The van der Waals surface area contributed by atoms with E-state index in [-0.39, 0.29) is 6.10 Å². The lowest BCUT2D eigenvalue weighted by atomic mass is 9.98. The smallest absolute Gasteiger partial charge is 0.0838 e. The first-order chi connectivity index (χ1) is 9.01. The molecule has 1 heterocycles. The Morgan fingerprint density at radius 1 is 1.26 bits per heavy atom. The molecular weight excluding hydrogens is 258 g/mol. The summed E-state index contributed by atoms with van der Waals surface area (Å²) in [6, 6.07) is 5.00. The summed E-state index contributed by atoms with van der Waals surface area (Å²) in [6.45, 7) is 11.5. The van der Waals surface area contributed by atoms with Crippen molar-refractivity contribution in [3.8, 4) is 0 Å². The summed E-state index contributed by atoms with van der Waals surface area (Å²) >= 11 is 5.93. The van der Waals surface area contributed by atoms with Gasteiger partial charge < -0.3 is 4.74 Å². The molecule has 0 spiro atoms. The zero-order valence-corrected chi connectivity index (χ0v) is 13.1. The third-order valence-electron chi connectivity index (χ3n) is 4.01. The van der Waals surface area contributed by atoms with Crippen LogP contribution in [0.5, 0.6) is 0 Å². The highest BCUT2D eigenvalue weighted by atomic mass is 35.5. The Balaban J connectivity index is 2.15. The molecule has 2 nitrogen and oxygen atoms in total. The average molecular weight is 282 g/mol. The fraction of sp³-hybridized carbons (Fsp3) is 0.625. The van der Waals surface area contributed by atoms with E-state index < -0.39 is 0 Å². The molecule has 0 aliphatic carbocycles. The Labute approximate surface area is 121 Å². The SMILES string of the molecule is Cc1cc(C)c(CN2CC(CCl)OCC2C)c(C)c1. The fourth-order valence-corrected chi connectivity index (χ4v) is 3.04. The maximum Gasteiger partial charge on any atom is 0.0838 e. The number of aryl methyl sites for hydroxylation is 3. The van der Waals surface area contributed by atoms with Crippen molar-refractivity contribution in [2.45, 2.75) is 46.4 Å². The molecule has 2 unspecified atom stereocenters. The van der Waals surface area contributed by atoms with Gasteiger partial charge in [0.15, 0.2) is 0 Å². The molecule has 1 aromatic carbocycles. The largest absolute Gasteiger partial charge is 0.374 e. The predicted octanol–water partition coefficient (Wildman–Crippen LogP) is 3.44. The number of rotatable bonds is 3. The summed E-state index contributed by atoms with van der Waals surface area (Å²) in [4.78, 5) is 2.49. The van der Waals surface area contributed by atoms with Crippen LogP contribution in [0.1, 0.15) is 29.2 Å². The van der Waals surface area contributed by atoms with Crippen LogP contribution in [0.25, 0.3) is 0 Å². The van der Waals surface area contributed by atoms with Gasteiger partial charge in [-0.15, -0.1) is 11.6 Å². The Hall–Kier alpha value is -0.570. The Kier molecular flexibility index (Phi) is 4.88. The van der Waals surface area contributed by atoms with Gasteiger partial charge in [0.25, 0.3) is 0 Å². The molecule has 0 saturated carbocycles. The minimum atomic E-state index is 0.170. The summed E-state index contributed by atoms with van der Waals surface area (Å²) in [7, 11) is 0. The number of morpholine rings is 1. The molecule has 1 aromatic rings. The highest BCUT2D eigenvalue weighted by molar-refractivity contribution is 6.18. The van der Waals surface area contributed by atoms with Gasteiger partial charge in [-0.1, -0.05) is 17.7 Å². The van der Waals surface area contributed by atoms with Crippen molar-refractivity contribution in [2.24, 2.45) is 0 Å². The van der Waals surface area contributed by atoms with Gasteiger partial charge in [-0.25, -0.2) is 0 Å². The second kappa shape index (κ2) is 6.25. The van der Waals surface area contributed by atoms with Gasteiger partial charge in [0, 0.05) is 25.0 Å². The number of halogens is 1. The summed E-state index contributed by atoms with van der Waals surface area (Å²) in [6.07, 6.45) is 0.170. The average Bonchev–Trinajstić information content (AvgIpc) is 2.35. The second-order valence-electron chi connectivity index (χ2n) is 5.77. The Morgan fingerprint density at radius 2 is 1.89 bits per heavy atom. The third kappa shape index (κ3) is 3.50. The van der Waals surface area contributed by atoms with Crippen molar-refractivity contribution in [3.05, 3.63) is 34.4 Å². The highest BCUT2D eigenvalue weighted by Crippen LogP contribution is 2.22. The van der Waals surface area contributed by atoms with Crippen molar-refractivity contribution < 1.29 is 4.74 Å². The van der Waals surface area contributed by atoms with Crippen LogP contribution in [0.3, 0.4) is 0 Å². The van der Waals surface area contributed by atoms with Crippen LogP contribution in [0.4, 0.5) is 0 Å². The van der Waals surface area contributed by atoms with Gasteiger partial charge in [0.05, 0.1) is 12.7 Å². The van der Waals surface area contributed by atoms with E-state index in [0.717, 1.165) is 19.7 Å². The van der Waals surface area contributed by atoms with Crippen LogP contribution in [-0.2, 0) is 11.3 Å². The molecule has 2 rings (SSSR count). The number of ether oxygens (including phenoxy) is 1. The third-order valence-corrected chi connectivity index (χ3v) is 4.35. The number of alkyl halides is 1. The van der Waals surface area contributed by atoms with Crippen LogP contribution < -0.4 is 0 Å². The van der Waals surface area contributed by atoms with Gasteiger partial charge in [-0.3, -0.25) is 4.90 Å². The quantitative estimate of drug-likeness (QED) is 0.787. The van der Waals surface area contributed by atoms with Gasteiger partial charge in [0.2, 0.25) is 0 Å². The highest BCUT2D eigenvalue weighted by Gasteiger charge is 2.26. The van der Waals surface area contributed by atoms with Gasteiger partial charge in [0.1, 0.15) is 0 Å². The molecule has 1 aliphatic rings. The molecule has 0 bridgehead atoms. The fourth-order valence-electron chi connectivity index (χ4n) is 2.85. The molecule has 0 aromatic heterocycles. The Bertz CT molecular complexity index is 423. The lowest BCUT2D eigenvalue weighted by Crippen LogP contribution is -2.48. The zero-order valence-electron chi connectivity index (χ0n) is 12.4. The molecule has 0 amide bonds. The number of nitrogens with zero attached hydrogens (tertiary/aromatic N) is 1. The maximum absolute atomic E-state index is 5.93. The molecule has 19 heavy (non-hydrogen) atoms. The number of hydrogen-bond acceptors (Lipinski definition) is 2. The molecule has 3 heteroatoms. The van der Waals surface area contributed by atoms with E-state index in [4.69, 9.17) is 16.3 Å². The Morgan fingerprint density at radius 3 is 2.47 bits per heavy atom. The standard InChI is InChI=1S/C16H24ClNO/c1-11-5-12(2)16(13(3)6-11)9-18-8-15(7-17)19-10-14(18)4/h5-6,14-15H,7-10H2,1-4H3. The van der Waals surface area contributed by atoms with Crippen molar-refractivity contribution in [3.63, 3.8) is 0 Å². The van der Waals surface area contributed by atoms with Crippen LogP contribution in [-0.4, -0.2) is 36.1 Å². The van der Waals surface area contributed by atoms with Crippen LogP contribution in [0, 0.1) is 20.8 Å². The van der Waals surface area contributed by atoms with Gasteiger partial charge in [-0.2, -0.15) is 0 Å². The van der Waals surface area contributed by atoms with Crippen LogP contribution in [0.15, 0.2) is 12.1 Å². The lowest BCUT2D eigenvalue weighted by molar-refractivity contribution is -0.0511. The number of hydrogen-bond donors (Lipinski definition) is 0. The second-order valence-corrected chi connectivity index (χ2v) is 6.07. The predicted molar refractivity (Wildman–Crippen MR) is 81.0 cm³/mol. The lowest BCUT2D eigenvalue weighted by Gasteiger charge is -2.38. The minimum Gasteiger partial charge on any atom is -0.374 e. The molecule has 2 atom stereocenters. The minimum absolute atomic E-state index is 0.170. The first kappa shape index (κ1) is 14.8. The first-order valence-electron chi connectivity index (χ1n) is 6.99. The van der Waals surface area contributed by atoms with Crippen molar-refractivity contribution in [1.29, 1.82) is 0 Å². The molecule has 1 aliphatic heterocycles. The summed E-state index contributed by atoms with van der Waals surface area (Å²) < 4.78 is 5.71. The molecule has 106 valence electrons. The molecule has 0 radical (unpaired) electrons. The van der Waals surface area contributed by atoms with Gasteiger partial charge in [-0.05, 0) is 44.4 Å². The van der Waals surface area contributed by atoms with E-state index in [9.17, 15) is 0 Å². The zero-order chi connectivity index (χ0) is 14.0. The normalized spacial score (nSPS) is 24.7. The van der Waals surface area contributed by atoms with Crippen LogP contribution >= 0.6 is 11.6 Å².